The number of halogens is 1. The van der Waals surface area contributed by atoms with Crippen molar-refractivity contribution in [3.63, 3.8) is 0 Å². The molecule has 0 unspecified atom stereocenters. The van der Waals surface area contributed by atoms with Gasteiger partial charge in [-0.3, -0.25) is 5.32 Å². The van der Waals surface area contributed by atoms with Crippen LogP contribution in [-0.4, -0.2) is 11.0 Å². The quantitative estimate of drug-likeness (QED) is 0.860. The number of hydrogen-bond donors (Lipinski definition) is 2. The van der Waals surface area contributed by atoms with Gasteiger partial charge in [-0.15, -0.1) is 11.3 Å². The summed E-state index contributed by atoms with van der Waals surface area (Å²) in [5, 5.41) is 7.24. The smallest absolute Gasteiger partial charge is 0.305 e. The second kappa shape index (κ2) is 4.92. The fraction of sp³-hybridized carbons (Fsp3) is 0.0909. The molecular formula is C11H10FN3OS. The Morgan fingerprint density at radius 2 is 2.12 bits per heavy atom. The maximum Gasteiger partial charge on any atom is 0.325 e. The van der Waals surface area contributed by atoms with Gasteiger partial charge < -0.3 is 5.32 Å². The zero-order valence-corrected chi connectivity index (χ0v) is 9.84. The Bertz CT molecular complexity index is 541. The average molecular weight is 251 g/mol. The first kappa shape index (κ1) is 11.5. The maximum absolute atomic E-state index is 13.2. The summed E-state index contributed by atoms with van der Waals surface area (Å²) in [5.74, 6) is -0.474. The predicted octanol–water partition coefficient (Wildman–Crippen LogP) is 3.23. The van der Waals surface area contributed by atoms with E-state index in [4.69, 9.17) is 0 Å². The average Bonchev–Trinajstić information content (AvgIpc) is 2.67. The Hall–Kier alpha value is -1.95. The minimum Gasteiger partial charge on any atom is -0.305 e. The molecule has 0 aliphatic carbocycles. The van der Waals surface area contributed by atoms with Gasteiger partial charge in [0.15, 0.2) is 5.13 Å². The molecule has 0 fully saturated rings. The molecule has 2 N–H and O–H groups in total. The van der Waals surface area contributed by atoms with E-state index < -0.39 is 11.8 Å². The first-order chi connectivity index (χ1) is 8.15. The molecule has 0 spiro atoms. The molecule has 17 heavy (non-hydrogen) atoms. The second-order valence-electron chi connectivity index (χ2n) is 3.35. The highest BCUT2D eigenvalue weighted by Gasteiger charge is 2.07. The van der Waals surface area contributed by atoms with E-state index in [9.17, 15) is 9.18 Å². The third-order valence-corrected chi connectivity index (χ3v) is 2.84. The topological polar surface area (TPSA) is 54.0 Å². The molecule has 0 atom stereocenters. The number of rotatable bonds is 2. The van der Waals surface area contributed by atoms with Gasteiger partial charge in [-0.05, 0) is 19.1 Å². The molecule has 0 aliphatic rings. The van der Waals surface area contributed by atoms with Crippen LogP contribution >= 0.6 is 11.3 Å². The molecule has 2 aromatic rings. The Balaban J connectivity index is 2.01. The third kappa shape index (κ3) is 3.01. The number of carbonyl (C=O) groups is 1. The number of nitrogens with one attached hydrogen (secondary N) is 2. The molecule has 0 aliphatic heterocycles. The van der Waals surface area contributed by atoms with Gasteiger partial charge in [0.25, 0.3) is 0 Å². The monoisotopic (exact) mass is 251 g/mol. The molecule has 4 nitrogen and oxygen atoms in total. The zero-order chi connectivity index (χ0) is 12.3. The molecule has 1 heterocycles. The molecule has 6 heteroatoms. The van der Waals surface area contributed by atoms with Crippen molar-refractivity contribution in [3.05, 3.63) is 41.2 Å². The predicted molar refractivity (Wildman–Crippen MR) is 65.9 cm³/mol. The molecule has 88 valence electrons. The Kier molecular flexibility index (Phi) is 3.34. The van der Waals surface area contributed by atoms with Crippen LogP contribution < -0.4 is 10.6 Å². The molecule has 0 bridgehead atoms. The van der Waals surface area contributed by atoms with Crippen LogP contribution in [0.3, 0.4) is 0 Å². The zero-order valence-electron chi connectivity index (χ0n) is 9.03. The van der Waals surface area contributed by atoms with E-state index in [1.54, 1.807) is 12.1 Å². The van der Waals surface area contributed by atoms with Gasteiger partial charge in [0.2, 0.25) is 0 Å². The molecule has 1 aromatic heterocycles. The summed E-state index contributed by atoms with van der Waals surface area (Å²) in [6.07, 6.45) is 0. The summed E-state index contributed by atoms with van der Waals surface area (Å²) >= 11 is 1.32. The highest BCUT2D eigenvalue weighted by atomic mass is 32.1. The van der Waals surface area contributed by atoms with E-state index in [2.05, 4.69) is 15.6 Å². The summed E-state index contributed by atoms with van der Waals surface area (Å²) in [6.45, 7) is 1.83. The van der Waals surface area contributed by atoms with Crippen molar-refractivity contribution in [1.82, 2.24) is 4.98 Å². The first-order valence-corrected chi connectivity index (χ1v) is 5.78. The fourth-order valence-corrected chi connectivity index (χ4v) is 1.91. The van der Waals surface area contributed by atoms with Crippen molar-refractivity contribution in [2.45, 2.75) is 6.92 Å². The number of aromatic nitrogens is 1. The summed E-state index contributed by atoms with van der Waals surface area (Å²) in [7, 11) is 0. The van der Waals surface area contributed by atoms with Gasteiger partial charge in [0.05, 0.1) is 11.4 Å². The van der Waals surface area contributed by atoms with E-state index in [0.717, 1.165) is 5.69 Å². The molecule has 2 rings (SSSR count). The summed E-state index contributed by atoms with van der Waals surface area (Å²) in [5.41, 5.74) is 0.967. The molecule has 0 saturated heterocycles. The van der Waals surface area contributed by atoms with E-state index in [1.165, 1.54) is 23.5 Å². The Labute approximate surface area is 102 Å². The lowest BCUT2D eigenvalue weighted by molar-refractivity contribution is 0.262. The van der Waals surface area contributed by atoms with Crippen molar-refractivity contribution < 1.29 is 9.18 Å². The van der Waals surface area contributed by atoms with Crippen molar-refractivity contribution in [3.8, 4) is 0 Å². The highest BCUT2D eigenvalue weighted by molar-refractivity contribution is 7.13. The van der Waals surface area contributed by atoms with Crippen LogP contribution in [0.2, 0.25) is 0 Å². The van der Waals surface area contributed by atoms with Gasteiger partial charge in [0.1, 0.15) is 5.82 Å². The van der Waals surface area contributed by atoms with Gasteiger partial charge in [-0.2, -0.15) is 0 Å². The van der Waals surface area contributed by atoms with Gasteiger partial charge in [-0.25, -0.2) is 14.2 Å². The normalized spacial score (nSPS) is 10.0. The SMILES string of the molecule is Cc1csc(NC(=O)Nc2ccccc2F)n1. The van der Waals surface area contributed by atoms with E-state index in [-0.39, 0.29) is 5.69 Å². The van der Waals surface area contributed by atoms with Crippen LogP contribution in [0.25, 0.3) is 0 Å². The number of benzene rings is 1. The second-order valence-corrected chi connectivity index (χ2v) is 4.21. The summed E-state index contributed by atoms with van der Waals surface area (Å²) in [4.78, 5) is 15.6. The summed E-state index contributed by atoms with van der Waals surface area (Å²) < 4.78 is 13.2. The molecule has 1 aromatic carbocycles. The fourth-order valence-electron chi connectivity index (χ4n) is 1.22. The van der Waals surface area contributed by atoms with Crippen LogP contribution in [0, 0.1) is 12.7 Å². The number of aryl methyl sites for hydroxylation is 1. The first-order valence-electron chi connectivity index (χ1n) is 4.90. The number of anilines is 2. The van der Waals surface area contributed by atoms with E-state index in [0.29, 0.717) is 5.13 Å². The molecule has 0 saturated carbocycles. The minimum absolute atomic E-state index is 0.137. The van der Waals surface area contributed by atoms with Crippen molar-refractivity contribution in [1.29, 1.82) is 0 Å². The standard InChI is InChI=1S/C11H10FN3OS/c1-7-6-17-11(13-7)15-10(16)14-9-5-3-2-4-8(9)12/h2-6H,1H3,(H2,13,14,15,16). The largest absolute Gasteiger partial charge is 0.325 e. The molecular weight excluding hydrogens is 241 g/mol. The molecule has 0 radical (unpaired) electrons. The van der Waals surface area contributed by atoms with Crippen LogP contribution in [0.15, 0.2) is 29.6 Å². The van der Waals surface area contributed by atoms with Crippen molar-refractivity contribution in [2.24, 2.45) is 0 Å². The lowest BCUT2D eigenvalue weighted by Crippen LogP contribution is -2.19. The van der Waals surface area contributed by atoms with Crippen molar-refractivity contribution in [2.75, 3.05) is 10.6 Å². The number of nitrogens with zero attached hydrogens (tertiary/aromatic N) is 1. The minimum atomic E-state index is -0.510. The van der Waals surface area contributed by atoms with Crippen LogP contribution in [-0.2, 0) is 0 Å². The van der Waals surface area contributed by atoms with Crippen LogP contribution in [0.5, 0.6) is 0 Å². The lowest BCUT2D eigenvalue weighted by atomic mass is 10.3. The highest BCUT2D eigenvalue weighted by Crippen LogP contribution is 2.16. The third-order valence-electron chi connectivity index (χ3n) is 1.96. The summed E-state index contributed by atoms with van der Waals surface area (Å²) in [6, 6.07) is 5.46. The maximum atomic E-state index is 13.2. The van der Waals surface area contributed by atoms with Gasteiger partial charge >= 0.3 is 6.03 Å². The van der Waals surface area contributed by atoms with Crippen LogP contribution in [0.4, 0.5) is 20.0 Å². The molecule has 2 amide bonds. The van der Waals surface area contributed by atoms with E-state index >= 15 is 0 Å². The Morgan fingerprint density at radius 3 is 2.76 bits per heavy atom. The van der Waals surface area contributed by atoms with Gasteiger partial charge in [0, 0.05) is 5.38 Å². The number of amides is 2. The van der Waals surface area contributed by atoms with Crippen LogP contribution in [0.1, 0.15) is 5.69 Å². The number of carbonyl (C=O) groups excluding carboxylic acids is 1. The number of thiazole rings is 1. The van der Waals surface area contributed by atoms with Gasteiger partial charge in [-0.1, -0.05) is 12.1 Å². The number of urea groups is 1. The number of para-hydroxylation sites is 1. The lowest BCUT2D eigenvalue weighted by Gasteiger charge is -2.05. The van der Waals surface area contributed by atoms with Crippen molar-refractivity contribution >= 4 is 28.2 Å². The number of hydrogen-bond acceptors (Lipinski definition) is 3. The Morgan fingerprint density at radius 1 is 1.35 bits per heavy atom. The van der Waals surface area contributed by atoms with E-state index in [1.807, 2.05) is 12.3 Å².